The maximum absolute atomic E-state index is 12.3. The highest BCUT2D eigenvalue weighted by molar-refractivity contribution is 5.93. The number of nitrogens with zero attached hydrogens (tertiary/aromatic N) is 2. The lowest BCUT2D eigenvalue weighted by Crippen LogP contribution is -2.35. The van der Waals surface area contributed by atoms with Crippen molar-refractivity contribution in [2.75, 3.05) is 34.3 Å². The van der Waals surface area contributed by atoms with Crippen LogP contribution in [0.15, 0.2) is 24.3 Å². The Labute approximate surface area is 138 Å². The number of hydrogen-bond donors (Lipinski definition) is 1. The average molecular weight is 321 g/mol. The summed E-state index contributed by atoms with van der Waals surface area (Å²) in [6.07, 6.45) is 0.0227. The molecule has 0 aromatic heterocycles. The van der Waals surface area contributed by atoms with E-state index < -0.39 is 0 Å². The third-order valence-corrected chi connectivity index (χ3v) is 3.71. The maximum Gasteiger partial charge on any atom is 0.253 e. The van der Waals surface area contributed by atoms with Crippen molar-refractivity contribution in [1.82, 2.24) is 9.80 Å². The summed E-state index contributed by atoms with van der Waals surface area (Å²) in [6.45, 7) is 3.37. The molecule has 0 aliphatic heterocycles. The highest BCUT2D eigenvalue weighted by atomic mass is 16.5. The van der Waals surface area contributed by atoms with Gasteiger partial charge >= 0.3 is 0 Å². The van der Waals surface area contributed by atoms with Crippen LogP contribution < -0.4 is 5.73 Å². The van der Waals surface area contributed by atoms with Crippen LogP contribution in [-0.2, 0) is 16.1 Å². The van der Waals surface area contributed by atoms with Crippen molar-refractivity contribution in [2.24, 2.45) is 5.73 Å². The fourth-order valence-corrected chi connectivity index (χ4v) is 2.19. The summed E-state index contributed by atoms with van der Waals surface area (Å²) in [6, 6.07) is 7.33. The minimum Gasteiger partial charge on any atom is -0.380 e. The molecule has 6 heteroatoms. The monoisotopic (exact) mass is 321 g/mol. The number of carbonyl (C=O) groups excluding carboxylic acids is 2. The third-order valence-electron chi connectivity index (χ3n) is 3.71. The first-order valence-electron chi connectivity index (χ1n) is 7.74. The van der Waals surface area contributed by atoms with Gasteiger partial charge in [-0.1, -0.05) is 12.1 Å². The van der Waals surface area contributed by atoms with E-state index in [4.69, 9.17) is 10.5 Å². The van der Waals surface area contributed by atoms with Crippen molar-refractivity contribution in [3.63, 3.8) is 0 Å². The fourth-order valence-electron chi connectivity index (χ4n) is 2.19. The molecule has 0 aliphatic rings. The van der Waals surface area contributed by atoms with Crippen LogP contribution in [0.25, 0.3) is 0 Å². The summed E-state index contributed by atoms with van der Waals surface area (Å²) in [4.78, 5) is 27.5. The summed E-state index contributed by atoms with van der Waals surface area (Å²) in [7, 11) is 5.00. The lowest BCUT2D eigenvalue weighted by Gasteiger charge is -2.23. The van der Waals surface area contributed by atoms with Crippen molar-refractivity contribution in [1.29, 1.82) is 0 Å². The molecule has 0 bridgehead atoms. The van der Waals surface area contributed by atoms with Gasteiger partial charge in [-0.3, -0.25) is 9.59 Å². The van der Waals surface area contributed by atoms with Crippen LogP contribution in [0, 0.1) is 0 Å². The number of nitrogens with two attached hydrogens (primary N) is 1. The molecule has 0 heterocycles. The molecule has 2 N–H and O–H groups in total. The molecule has 2 amide bonds. The standard InChI is InChI=1S/C17H27N3O3/c1-5-20(16(21)10-15(11-18)23-4)12-13-6-8-14(9-7-13)17(22)19(2)3/h6-9,15H,5,10-12,18H2,1-4H3. The van der Waals surface area contributed by atoms with Crippen LogP contribution in [0.4, 0.5) is 0 Å². The van der Waals surface area contributed by atoms with Crippen LogP contribution in [0.1, 0.15) is 29.3 Å². The van der Waals surface area contributed by atoms with Crippen LogP contribution in [-0.4, -0.2) is 62.0 Å². The molecular weight excluding hydrogens is 294 g/mol. The van der Waals surface area contributed by atoms with Gasteiger partial charge in [-0.2, -0.15) is 0 Å². The molecule has 1 atom stereocenters. The van der Waals surface area contributed by atoms with Crippen LogP contribution in [0.5, 0.6) is 0 Å². The predicted molar refractivity (Wildman–Crippen MR) is 90.0 cm³/mol. The number of benzene rings is 1. The average Bonchev–Trinajstić information content (AvgIpc) is 2.56. The van der Waals surface area contributed by atoms with E-state index in [9.17, 15) is 9.59 Å². The molecule has 0 radical (unpaired) electrons. The van der Waals surface area contributed by atoms with Gasteiger partial charge in [-0.15, -0.1) is 0 Å². The zero-order valence-corrected chi connectivity index (χ0v) is 14.4. The number of amides is 2. The van der Waals surface area contributed by atoms with Gasteiger partial charge in [-0.05, 0) is 24.6 Å². The van der Waals surface area contributed by atoms with E-state index in [0.29, 0.717) is 25.2 Å². The second kappa shape index (κ2) is 9.27. The summed E-state index contributed by atoms with van der Waals surface area (Å²) >= 11 is 0. The molecule has 1 aromatic carbocycles. The lowest BCUT2D eigenvalue weighted by molar-refractivity contribution is -0.134. The number of hydrogen-bond acceptors (Lipinski definition) is 4. The van der Waals surface area contributed by atoms with E-state index in [1.165, 1.54) is 4.90 Å². The van der Waals surface area contributed by atoms with Gasteiger partial charge in [0.05, 0.1) is 12.5 Å². The van der Waals surface area contributed by atoms with Gasteiger partial charge in [0.1, 0.15) is 0 Å². The highest BCUT2D eigenvalue weighted by Crippen LogP contribution is 2.11. The Kier molecular flexibility index (Phi) is 7.71. The predicted octanol–water partition coefficient (Wildman–Crippen LogP) is 1.10. The van der Waals surface area contributed by atoms with Crippen molar-refractivity contribution in [2.45, 2.75) is 26.0 Å². The van der Waals surface area contributed by atoms with E-state index in [1.54, 1.807) is 38.2 Å². The number of ether oxygens (including phenoxy) is 1. The van der Waals surface area contributed by atoms with Crippen molar-refractivity contribution < 1.29 is 14.3 Å². The molecule has 0 saturated carbocycles. The SMILES string of the molecule is CCN(Cc1ccc(C(=O)N(C)C)cc1)C(=O)CC(CN)OC. The Morgan fingerprint density at radius 1 is 1.22 bits per heavy atom. The molecule has 23 heavy (non-hydrogen) atoms. The van der Waals surface area contributed by atoms with Gasteiger partial charge in [0.2, 0.25) is 5.91 Å². The molecule has 1 rings (SSSR count). The summed E-state index contributed by atoms with van der Waals surface area (Å²) in [5, 5.41) is 0. The van der Waals surface area contributed by atoms with E-state index in [-0.39, 0.29) is 24.3 Å². The normalized spacial score (nSPS) is 11.9. The Balaban J connectivity index is 2.72. The van der Waals surface area contributed by atoms with E-state index in [1.807, 2.05) is 19.1 Å². The molecule has 0 fully saturated rings. The topological polar surface area (TPSA) is 75.9 Å². The third kappa shape index (κ3) is 5.65. The fraction of sp³-hybridized carbons (Fsp3) is 0.529. The molecule has 1 aromatic rings. The number of carbonyl (C=O) groups is 2. The highest BCUT2D eigenvalue weighted by Gasteiger charge is 2.17. The smallest absolute Gasteiger partial charge is 0.253 e. The second-order valence-electron chi connectivity index (χ2n) is 5.60. The largest absolute Gasteiger partial charge is 0.380 e. The summed E-state index contributed by atoms with van der Waals surface area (Å²) < 4.78 is 5.16. The molecular formula is C17H27N3O3. The van der Waals surface area contributed by atoms with Gasteiger partial charge in [0, 0.05) is 46.4 Å². The van der Waals surface area contributed by atoms with E-state index in [0.717, 1.165) is 5.56 Å². The first-order valence-corrected chi connectivity index (χ1v) is 7.74. The van der Waals surface area contributed by atoms with Gasteiger partial charge in [-0.25, -0.2) is 0 Å². The molecule has 0 saturated heterocycles. The summed E-state index contributed by atoms with van der Waals surface area (Å²) in [5.74, 6) is -0.0240. The first-order chi connectivity index (χ1) is 10.9. The molecule has 6 nitrogen and oxygen atoms in total. The number of rotatable bonds is 8. The maximum atomic E-state index is 12.3. The minimum atomic E-state index is -0.253. The van der Waals surface area contributed by atoms with Crippen molar-refractivity contribution in [3.8, 4) is 0 Å². The Hall–Kier alpha value is -1.92. The molecule has 1 unspecified atom stereocenters. The molecule has 0 aliphatic carbocycles. The first kappa shape index (κ1) is 19.1. The van der Waals surface area contributed by atoms with E-state index >= 15 is 0 Å². The minimum absolute atomic E-state index is 0.0123. The quantitative estimate of drug-likeness (QED) is 0.778. The zero-order valence-electron chi connectivity index (χ0n) is 14.4. The van der Waals surface area contributed by atoms with Gasteiger partial charge in [0.15, 0.2) is 0 Å². The van der Waals surface area contributed by atoms with Gasteiger partial charge < -0.3 is 20.3 Å². The molecule has 128 valence electrons. The number of methoxy groups -OCH3 is 1. The van der Waals surface area contributed by atoms with E-state index in [2.05, 4.69) is 0 Å². The lowest BCUT2D eigenvalue weighted by atomic mass is 10.1. The second-order valence-corrected chi connectivity index (χ2v) is 5.60. The van der Waals surface area contributed by atoms with Crippen molar-refractivity contribution >= 4 is 11.8 Å². The zero-order chi connectivity index (χ0) is 17.4. The Bertz CT molecular complexity index is 510. The van der Waals surface area contributed by atoms with Crippen LogP contribution in [0.3, 0.4) is 0 Å². The Morgan fingerprint density at radius 2 is 1.83 bits per heavy atom. The van der Waals surface area contributed by atoms with Gasteiger partial charge in [0.25, 0.3) is 5.91 Å². The van der Waals surface area contributed by atoms with Crippen molar-refractivity contribution in [3.05, 3.63) is 35.4 Å². The van der Waals surface area contributed by atoms with Crippen LogP contribution in [0.2, 0.25) is 0 Å². The van der Waals surface area contributed by atoms with Crippen LogP contribution >= 0.6 is 0 Å². The molecule has 0 spiro atoms. The Morgan fingerprint density at radius 3 is 2.26 bits per heavy atom. The summed E-state index contributed by atoms with van der Waals surface area (Å²) in [5.41, 5.74) is 7.18.